The number of carbonyl (C=O) groups excluding carboxylic acids is 1. The molecule has 0 aromatic heterocycles. The summed E-state index contributed by atoms with van der Waals surface area (Å²) in [5.41, 5.74) is 3.20. The maximum Gasteiger partial charge on any atom is 1.00 e. The topological polar surface area (TPSA) is 130 Å². The Hall–Kier alpha value is -0.220. The molecule has 0 radical (unpaired) electrons. The third-order valence-electron chi connectivity index (χ3n) is 1.76. The van der Waals surface area contributed by atoms with Gasteiger partial charge in [-0.25, -0.2) is 4.18 Å². The Balaban J connectivity index is 0.00000225. The molecule has 2 unspecified atom stereocenters. The van der Waals surface area contributed by atoms with Crippen molar-refractivity contribution in [2.45, 2.75) is 5.72 Å². The van der Waals surface area contributed by atoms with E-state index in [1.807, 2.05) is 0 Å². The maximum absolute atomic E-state index is 10.6. The van der Waals surface area contributed by atoms with Crippen LogP contribution in [0.1, 0.15) is 0 Å². The van der Waals surface area contributed by atoms with Gasteiger partial charge >= 0.3 is 40.0 Å². The molecule has 0 aromatic rings. The zero-order valence-corrected chi connectivity index (χ0v) is 11.2. The van der Waals surface area contributed by atoms with E-state index < -0.39 is 28.0 Å². The molecular formula is C7H8NNaO6S. The molecule has 0 fully saturated rings. The number of carboxylic acids is 1. The van der Waals surface area contributed by atoms with Crippen LogP contribution in [0.5, 0.6) is 0 Å². The van der Waals surface area contributed by atoms with Crippen LogP contribution in [-0.2, 0) is 19.4 Å². The van der Waals surface area contributed by atoms with Crippen LogP contribution in [0, 0.1) is 5.92 Å². The first-order chi connectivity index (χ1) is 6.75. The van der Waals surface area contributed by atoms with E-state index in [9.17, 15) is 18.3 Å². The van der Waals surface area contributed by atoms with Crippen molar-refractivity contribution in [3.8, 4) is 0 Å². The van der Waals surface area contributed by atoms with Crippen LogP contribution >= 0.6 is 0 Å². The standard InChI is InChI=1S/C7H9NO6S.Na/c8-7(14-15(11,12)13)4-2-1-3-5(7)6(9)10;/h1-5H,8H2,(H,9,10)(H,11,12,13);/q;+1/p-1. The van der Waals surface area contributed by atoms with Gasteiger partial charge in [-0.05, 0) is 6.08 Å². The minimum atomic E-state index is -4.85. The number of rotatable bonds is 3. The molecule has 16 heavy (non-hydrogen) atoms. The molecule has 3 N–H and O–H groups in total. The molecule has 0 saturated heterocycles. The first-order valence-electron chi connectivity index (χ1n) is 3.78. The monoisotopic (exact) mass is 257 g/mol. The maximum atomic E-state index is 10.6. The number of nitrogens with two attached hydrogens (primary N) is 1. The van der Waals surface area contributed by atoms with Crippen molar-refractivity contribution in [3.05, 3.63) is 24.3 Å². The Kier molecular flexibility index (Phi) is 5.33. The average Bonchev–Trinajstić information content (AvgIpc) is 1.99. The van der Waals surface area contributed by atoms with Crippen molar-refractivity contribution in [2.24, 2.45) is 11.7 Å². The van der Waals surface area contributed by atoms with Gasteiger partial charge in [0.15, 0.2) is 5.72 Å². The molecule has 0 amide bonds. The molecule has 0 aromatic carbocycles. The van der Waals surface area contributed by atoms with Gasteiger partial charge in [0.25, 0.3) is 0 Å². The fourth-order valence-electron chi connectivity index (χ4n) is 1.16. The van der Waals surface area contributed by atoms with E-state index in [1.165, 1.54) is 12.2 Å². The predicted molar refractivity (Wildman–Crippen MR) is 46.3 cm³/mol. The van der Waals surface area contributed by atoms with Crippen LogP contribution in [0.3, 0.4) is 0 Å². The fourth-order valence-corrected chi connectivity index (χ4v) is 1.68. The average molecular weight is 257 g/mol. The van der Waals surface area contributed by atoms with Crippen molar-refractivity contribution < 1.29 is 56.6 Å². The summed E-state index contributed by atoms with van der Waals surface area (Å²) in [4.78, 5) is 10.6. The van der Waals surface area contributed by atoms with Gasteiger partial charge in [0.2, 0.25) is 0 Å². The summed E-state index contributed by atoms with van der Waals surface area (Å²) in [6.07, 6.45) is 4.74. The van der Waals surface area contributed by atoms with Gasteiger partial charge < -0.3 is 9.90 Å². The van der Waals surface area contributed by atoms with Gasteiger partial charge in [-0.15, -0.1) is 0 Å². The smallest absolute Gasteiger partial charge is 0.549 e. The second kappa shape index (κ2) is 5.41. The van der Waals surface area contributed by atoms with Crippen LogP contribution in [-0.4, -0.2) is 24.7 Å². The summed E-state index contributed by atoms with van der Waals surface area (Å²) < 4.78 is 33.4. The van der Waals surface area contributed by atoms with Crippen LogP contribution in [0.4, 0.5) is 0 Å². The van der Waals surface area contributed by atoms with Gasteiger partial charge in [-0.2, -0.15) is 8.42 Å². The summed E-state index contributed by atoms with van der Waals surface area (Å²) in [7, 11) is -4.85. The number of aliphatic carboxylic acids is 1. The quantitative estimate of drug-likeness (QED) is 0.294. The minimum absolute atomic E-state index is 0. The molecule has 1 rings (SSSR count). The van der Waals surface area contributed by atoms with E-state index in [2.05, 4.69) is 4.18 Å². The Morgan fingerprint density at radius 3 is 2.50 bits per heavy atom. The van der Waals surface area contributed by atoms with Crippen molar-refractivity contribution in [1.82, 2.24) is 0 Å². The van der Waals surface area contributed by atoms with E-state index >= 15 is 0 Å². The molecule has 1 aliphatic carbocycles. The Morgan fingerprint density at radius 1 is 1.50 bits per heavy atom. The van der Waals surface area contributed by atoms with E-state index in [-0.39, 0.29) is 29.6 Å². The summed E-state index contributed by atoms with van der Waals surface area (Å²) >= 11 is 0. The van der Waals surface area contributed by atoms with E-state index in [4.69, 9.17) is 10.3 Å². The molecule has 9 heteroatoms. The Bertz CT molecular complexity index is 430. The molecule has 0 aliphatic heterocycles. The van der Waals surface area contributed by atoms with Crippen LogP contribution in [0.15, 0.2) is 24.3 Å². The van der Waals surface area contributed by atoms with Crippen LogP contribution in [0.25, 0.3) is 0 Å². The van der Waals surface area contributed by atoms with Gasteiger partial charge in [0, 0.05) is 0 Å². The zero-order valence-electron chi connectivity index (χ0n) is 8.36. The number of carbonyl (C=O) groups is 1. The summed E-state index contributed by atoms with van der Waals surface area (Å²) in [6, 6.07) is 0. The molecular weight excluding hydrogens is 249 g/mol. The largest absolute Gasteiger partial charge is 1.00 e. The number of hydrogen-bond donors (Lipinski definition) is 2. The molecule has 0 spiro atoms. The van der Waals surface area contributed by atoms with Crippen molar-refractivity contribution >= 4 is 16.4 Å². The molecule has 2 atom stereocenters. The first kappa shape index (κ1) is 15.8. The van der Waals surface area contributed by atoms with Gasteiger partial charge in [0.05, 0.1) is 11.9 Å². The summed E-state index contributed by atoms with van der Waals surface area (Å²) in [5, 5.41) is 10.6. The van der Waals surface area contributed by atoms with Gasteiger partial charge in [-0.1, -0.05) is 18.2 Å². The number of allylic oxidation sites excluding steroid dienone is 2. The number of hydrogen-bond acceptors (Lipinski definition) is 6. The third-order valence-corrected chi connectivity index (χ3v) is 2.26. The summed E-state index contributed by atoms with van der Waals surface area (Å²) in [5.74, 6) is -3.11. The minimum Gasteiger partial charge on any atom is -0.549 e. The second-order valence-electron chi connectivity index (χ2n) is 2.91. The SMILES string of the molecule is NC1(OS(=O)(=O)O)C=CC=CC1C(=O)[O-].[Na+]. The normalized spacial score (nSPS) is 28.5. The van der Waals surface area contributed by atoms with E-state index in [1.54, 1.807) is 0 Å². The number of carboxylic acid groups (broad SMARTS) is 1. The van der Waals surface area contributed by atoms with E-state index in [0.717, 1.165) is 12.2 Å². The predicted octanol–water partition coefficient (Wildman–Crippen LogP) is -5.04. The van der Waals surface area contributed by atoms with Crippen molar-refractivity contribution in [3.63, 3.8) is 0 Å². The Labute approximate surface area is 114 Å². The van der Waals surface area contributed by atoms with Gasteiger partial charge in [-0.3, -0.25) is 10.3 Å². The molecule has 84 valence electrons. The molecule has 7 nitrogen and oxygen atoms in total. The van der Waals surface area contributed by atoms with Crippen molar-refractivity contribution in [1.29, 1.82) is 0 Å². The first-order valence-corrected chi connectivity index (χ1v) is 5.15. The molecule has 0 bridgehead atoms. The zero-order chi connectivity index (χ0) is 11.7. The Morgan fingerprint density at radius 2 is 2.06 bits per heavy atom. The molecule has 0 heterocycles. The van der Waals surface area contributed by atoms with Crippen LogP contribution < -0.4 is 40.4 Å². The van der Waals surface area contributed by atoms with Gasteiger partial charge in [0.1, 0.15) is 0 Å². The van der Waals surface area contributed by atoms with Crippen molar-refractivity contribution in [2.75, 3.05) is 0 Å². The van der Waals surface area contributed by atoms with E-state index in [0.29, 0.717) is 0 Å². The fraction of sp³-hybridized carbons (Fsp3) is 0.286. The summed E-state index contributed by atoms with van der Waals surface area (Å²) in [6.45, 7) is 0. The van der Waals surface area contributed by atoms with Crippen LogP contribution in [0.2, 0.25) is 0 Å². The second-order valence-corrected chi connectivity index (χ2v) is 3.93. The third kappa shape index (κ3) is 3.98. The molecule has 0 saturated carbocycles. The molecule has 1 aliphatic rings.